The molecule has 0 unspecified atom stereocenters. The molecule has 0 spiro atoms. The number of aromatic nitrogens is 2. The van der Waals surface area contributed by atoms with Gasteiger partial charge in [-0.1, -0.05) is 44.2 Å². The number of anilines is 2. The molecule has 3 aromatic rings. The Hall–Kier alpha value is -2.05. The normalized spacial score (nSPS) is 15.0. The highest BCUT2D eigenvalue weighted by Gasteiger charge is 2.16. The van der Waals surface area contributed by atoms with Gasteiger partial charge < -0.3 is 15.2 Å². The van der Waals surface area contributed by atoms with Gasteiger partial charge in [0, 0.05) is 45.0 Å². The number of halogens is 1. The Balaban J connectivity index is 0.00000225. The molecule has 1 aliphatic heterocycles. The van der Waals surface area contributed by atoms with E-state index in [-0.39, 0.29) is 17.0 Å². The molecule has 0 atom stereocenters. The van der Waals surface area contributed by atoms with Crippen molar-refractivity contribution in [2.24, 2.45) is 0 Å². The number of nitrogens with zero attached hydrogens (tertiary/aromatic N) is 3. The molecule has 150 valence electrons. The van der Waals surface area contributed by atoms with Gasteiger partial charge in [-0.3, -0.25) is 4.90 Å². The van der Waals surface area contributed by atoms with E-state index in [1.54, 1.807) is 0 Å². The Labute approximate surface area is 177 Å². The molecule has 0 amide bonds. The minimum absolute atomic E-state index is 0. The molecule has 28 heavy (non-hydrogen) atoms. The predicted octanol–water partition coefficient (Wildman–Crippen LogP) is 4.50. The lowest BCUT2D eigenvalue weighted by atomic mass is 10.0. The maximum Gasteiger partial charge on any atom is 0.201 e. The molecular formula is C22H30BrN5. The summed E-state index contributed by atoms with van der Waals surface area (Å²) in [5.41, 5.74) is 4.83. The van der Waals surface area contributed by atoms with E-state index in [0.29, 0.717) is 5.92 Å². The van der Waals surface area contributed by atoms with Crippen molar-refractivity contribution < 1.29 is 0 Å². The number of H-pyrrole nitrogens is 1. The molecular weight excluding hydrogens is 414 g/mol. The molecule has 2 heterocycles. The minimum Gasteiger partial charge on any atom is -0.369 e. The minimum atomic E-state index is 0. The predicted molar refractivity (Wildman–Crippen MR) is 124 cm³/mol. The van der Waals surface area contributed by atoms with E-state index in [1.165, 1.54) is 11.3 Å². The summed E-state index contributed by atoms with van der Waals surface area (Å²) in [6.07, 6.45) is 0. The van der Waals surface area contributed by atoms with E-state index >= 15 is 0 Å². The second-order valence-corrected chi connectivity index (χ2v) is 7.57. The highest BCUT2D eigenvalue weighted by molar-refractivity contribution is 8.93. The Morgan fingerprint density at radius 1 is 1.00 bits per heavy atom. The van der Waals surface area contributed by atoms with Crippen molar-refractivity contribution in [3.63, 3.8) is 0 Å². The summed E-state index contributed by atoms with van der Waals surface area (Å²) < 4.78 is 0. The summed E-state index contributed by atoms with van der Waals surface area (Å²) in [4.78, 5) is 13.2. The number of aromatic amines is 1. The molecule has 1 fully saturated rings. The van der Waals surface area contributed by atoms with Gasteiger partial charge in [0.2, 0.25) is 5.95 Å². The van der Waals surface area contributed by atoms with Crippen LogP contribution in [0.3, 0.4) is 0 Å². The topological polar surface area (TPSA) is 47.2 Å². The van der Waals surface area contributed by atoms with Crippen molar-refractivity contribution in [2.75, 3.05) is 49.5 Å². The van der Waals surface area contributed by atoms with Crippen LogP contribution in [0.15, 0.2) is 48.5 Å². The lowest BCUT2D eigenvalue weighted by Crippen LogP contribution is -2.47. The summed E-state index contributed by atoms with van der Waals surface area (Å²) >= 11 is 0. The van der Waals surface area contributed by atoms with Gasteiger partial charge in [0.1, 0.15) is 0 Å². The first-order valence-electron chi connectivity index (χ1n) is 9.95. The van der Waals surface area contributed by atoms with Gasteiger partial charge in [0.25, 0.3) is 0 Å². The van der Waals surface area contributed by atoms with Crippen LogP contribution in [0.1, 0.15) is 25.3 Å². The monoisotopic (exact) mass is 443 g/mol. The summed E-state index contributed by atoms with van der Waals surface area (Å²) in [7, 11) is 0. The Morgan fingerprint density at radius 2 is 1.75 bits per heavy atom. The summed E-state index contributed by atoms with van der Waals surface area (Å²) in [6.45, 7) is 10.8. The first-order valence-corrected chi connectivity index (χ1v) is 9.95. The summed E-state index contributed by atoms with van der Waals surface area (Å²) in [5.74, 6) is 1.35. The van der Waals surface area contributed by atoms with Gasteiger partial charge in [-0.15, -0.1) is 17.0 Å². The summed E-state index contributed by atoms with van der Waals surface area (Å²) in [6, 6.07) is 17.1. The standard InChI is InChI=1S/C22H29N5.BrH/c1-17(2)19-9-6-10-20-21(19)25-22(24-20)23-11-12-26-13-15-27(16-14-26)18-7-4-3-5-8-18;/h3-10,17H,11-16H2,1-2H3,(H2,23,24,25);1H. The van der Waals surface area contributed by atoms with Crippen molar-refractivity contribution in [1.29, 1.82) is 0 Å². The van der Waals surface area contributed by atoms with E-state index in [0.717, 1.165) is 56.3 Å². The average molecular weight is 444 g/mol. The van der Waals surface area contributed by atoms with Gasteiger partial charge in [-0.25, -0.2) is 4.98 Å². The molecule has 4 rings (SSSR count). The third-order valence-electron chi connectivity index (χ3n) is 5.38. The second kappa shape index (κ2) is 9.43. The highest BCUT2D eigenvalue weighted by Crippen LogP contribution is 2.24. The van der Waals surface area contributed by atoms with E-state index in [9.17, 15) is 0 Å². The molecule has 0 saturated carbocycles. The number of imidazole rings is 1. The fourth-order valence-corrected chi connectivity index (χ4v) is 3.80. The Morgan fingerprint density at radius 3 is 2.46 bits per heavy atom. The third-order valence-corrected chi connectivity index (χ3v) is 5.38. The van der Waals surface area contributed by atoms with E-state index in [1.807, 2.05) is 0 Å². The molecule has 1 aliphatic rings. The number of piperazine rings is 1. The first-order chi connectivity index (χ1) is 13.2. The largest absolute Gasteiger partial charge is 0.369 e. The van der Waals surface area contributed by atoms with Crippen LogP contribution in [-0.4, -0.2) is 54.1 Å². The van der Waals surface area contributed by atoms with E-state index < -0.39 is 0 Å². The smallest absolute Gasteiger partial charge is 0.201 e. The average Bonchev–Trinajstić information content (AvgIpc) is 3.12. The lowest BCUT2D eigenvalue weighted by Gasteiger charge is -2.36. The van der Waals surface area contributed by atoms with Crippen molar-refractivity contribution in [3.8, 4) is 0 Å². The van der Waals surface area contributed by atoms with Crippen LogP contribution >= 0.6 is 17.0 Å². The fraction of sp³-hybridized carbons (Fsp3) is 0.409. The van der Waals surface area contributed by atoms with Crippen LogP contribution in [-0.2, 0) is 0 Å². The van der Waals surface area contributed by atoms with Crippen LogP contribution in [0.25, 0.3) is 11.0 Å². The zero-order chi connectivity index (χ0) is 18.6. The first kappa shape index (κ1) is 20.7. The van der Waals surface area contributed by atoms with Crippen LogP contribution in [0.2, 0.25) is 0 Å². The van der Waals surface area contributed by atoms with Crippen LogP contribution in [0, 0.1) is 0 Å². The van der Waals surface area contributed by atoms with Gasteiger partial charge in [0.05, 0.1) is 11.0 Å². The maximum atomic E-state index is 4.77. The number of nitrogens with one attached hydrogen (secondary N) is 2. The van der Waals surface area contributed by atoms with Crippen molar-refractivity contribution >= 4 is 39.7 Å². The molecule has 1 aromatic heterocycles. The Bertz CT molecular complexity index is 869. The third kappa shape index (κ3) is 4.67. The molecule has 0 radical (unpaired) electrons. The van der Waals surface area contributed by atoms with Crippen LogP contribution in [0.4, 0.5) is 11.6 Å². The fourth-order valence-electron chi connectivity index (χ4n) is 3.80. The molecule has 0 aliphatic carbocycles. The number of hydrogen-bond donors (Lipinski definition) is 2. The van der Waals surface area contributed by atoms with E-state index in [2.05, 4.69) is 82.5 Å². The zero-order valence-corrected chi connectivity index (χ0v) is 18.4. The van der Waals surface area contributed by atoms with Crippen molar-refractivity contribution in [1.82, 2.24) is 14.9 Å². The number of hydrogen-bond acceptors (Lipinski definition) is 4. The van der Waals surface area contributed by atoms with Gasteiger partial charge in [-0.2, -0.15) is 0 Å². The lowest BCUT2D eigenvalue weighted by molar-refractivity contribution is 0.267. The van der Waals surface area contributed by atoms with Crippen LogP contribution in [0.5, 0.6) is 0 Å². The van der Waals surface area contributed by atoms with Crippen LogP contribution < -0.4 is 10.2 Å². The summed E-state index contributed by atoms with van der Waals surface area (Å²) in [5, 5.41) is 3.47. The Kier molecular flexibility index (Phi) is 6.97. The van der Waals surface area contributed by atoms with E-state index in [4.69, 9.17) is 4.98 Å². The number of fused-ring (bicyclic) bond motifs is 1. The number of rotatable bonds is 6. The molecule has 1 saturated heterocycles. The molecule has 5 nitrogen and oxygen atoms in total. The second-order valence-electron chi connectivity index (χ2n) is 7.57. The van der Waals surface area contributed by atoms with Gasteiger partial charge in [-0.05, 0) is 29.7 Å². The number of para-hydroxylation sites is 2. The molecule has 2 aromatic carbocycles. The van der Waals surface area contributed by atoms with Gasteiger partial charge >= 0.3 is 0 Å². The van der Waals surface area contributed by atoms with Crippen molar-refractivity contribution in [3.05, 3.63) is 54.1 Å². The zero-order valence-electron chi connectivity index (χ0n) is 16.7. The van der Waals surface area contributed by atoms with Gasteiger partial charge in [0.15, 0.2) is 0 Å². The maximum absolute atomic E-state index is 4.77. The quantitative estimate of drug-likeness (QED) is 0.588. The highest BCUT2D eigenvalue weighted by atomic mass is 79.9. The molecule has 0 bridgehead atoms. The molecule has 6 heteroatoms. The number of benzene rings is 2. The SMILES string of the molecule is Br.CC(C)c1cccc2[nH]c(NCCN3CCN(c4ccccc4)CC3)nc12. The van der Waals surface area contributed by atoms with Crippen molar-refractivity contribution in [2.45, 2.75) is 19.8 Å². The molecule has 2 N–H and O–H groups in total.